The number of carbonyl (C=O) groups is 1. The molecule has 1 unspecified atom stereocenters. The van der Waals surface area contributed by atoms with E-state index >= 15 is 0 Å². The summed E-state index contributed by atoms with van der Waals surface area (Å²) in [5.74, 6) is 0.560. The van der Waals surface area contributed by atoms with Gasteiger partial charge in [-0.2, -0.15) is 5.10 Å². The second-order valence-corrected chi connectivity index (χ2v) is 4.70. The van der Waals surface area contributed by atoms with Crippen molar-refractivity contribution in [2.75, 3.05) is 6.61 Å². The molecule has 1 aromatic carbocycles. The molecule has 1 aromatic heterocycles. The van der Waals surface area contributed by atoms with E-state index in [0.717, 1.165) is 5.82 Å². The third-order valence-corrected chi connectivity index (χ3v) is 3.18. The van der Waals surface area contributed by atoms with Gasteiger partial charge in [0.2, 0.25) is 0 Å². The van der Waals surface area contributed by atoms with E-state index in [1.807, 2.05) is 13.8 Å². The van der Waals surface area contributed by atoms with E-state index in [1.165, 1.54) is 30.6 Å². The molecular weight excluding hydrogens is 287 g/mol. The predicted octanol–water partition coefficient (Wildman–Crippen LogP) is 2.08. The number of hydrogen-bond acceptors (Lipinski definition) is 4. The van der Waals surface area contributed by atoms with E-state index in [0.29, 0.717) is 18.7 Å². The third-order valence-electron chi connectivity index (χ3n) is 3.18. The Labute approximate surface area is 128 Å². The number of aryl methyl sites for hydroxylation is 1. The molecule has 1 atom stereocenters. The average molecular weight is 306 g/mol. The monoisotopic (exact) mass is 306 g/mol. The second-order valence-electron chi connectivity index (χ2n) is 4.70. The molecule has 0 aliphatic heterocycles. The fraction of sp³-hybridized carbons (Fsp3) is 0.400. The van der Waals surface area contributed by atoms with Gasteiger partial charge in [-0.05, 0) is 37.6 Å². The number of rotatable bonds is 7. The standard InChI is InChI=1S/C15H19FN4O2/c1-3-13(15-17-10-18-20(15)4-2)19-14(21)9-22-12-7-5-11(16)6-8-12/h5-8,10,13H,3-4,9H2,1-2H3,(H,19,21). The Morgan fingerprint density at radius 2 is 2.09 bits per heavy atom. The van der Waals surface area contributed by atoms with E-state index < -0.39 is 0 Å². The molecule has 2 aromatic rings. The summed E-state index contributed by atoms with van der Waals surface area (Å²) in [4.78, 5) is 16.2. The Morgan fingerprint density at radius 3 is 2.73 bits per heavy atom. The highest BCUT2D eigenvalue weighted by Crippen LogP contribution is 2.14. The lowest BCUT2D eigenvalue weighted by atomic mass is 10.2. The normalized spacial score (nSPS) is 12.0. The maximum absolute atomic E-state index is 12.8. The van der Waals surface area contributed by atoms with Gasteiger partial charge in [-0.1, -0.05) is 6.92 Å². The van der Waals surface area contributed by atoms with E-state index in [-0.39, 0.29) is 24.4 Å². The predicted molar refractivity (Wildman–Crippen MR) is 78.8 cm³/mol. The summed E-state index contributed by atoms with van der Waals surface area (Å²) in [7, 11) is 0. The maximum Gasteiger partial charge on any atom is 0.258 e. The van der Waals surface area contributed by atoms with Gasteiger partial charge < -0.3 is 10.1 Å². The Bertz CT molecular complexity index is 612. The molecule has 0 saturated carbocycles. The highest BCUT2D eigenvalue weighted by Gasteiger charge is 2.18. The summed E-state index contributed by atoms with van der Waals surface area (Å²) in [5.41, 5.74) is 0. The zero-order chi connectivity index (χ0) is 15.9. The minimum absolute atomic E-state index is 0.137. The fourth-order valence-electron chi connectivity index (χ4n) is 2.05. The highest BCUT2D eigenvalue weighted by atomic mass is 19.1. The van der Waals surface area contributed by atoms with Gasteiger partial charge >= 0.3 is 0 Å². The van der Waals surface area contributed by atoms with Gasteiger partial charge in [-0.15, -0.1) is 0 Å². The number of nitrogens with zero attached hydrogens (tertiary/aromatic N) is 3. The molecule has 0 fully saturated rings. The SMILES string of the molecule is CCC(NC(=O)COc1ccc(F)cc1)c1ncnn1CC. The van der Waals surface area contributed by atoms with Crippen LogP contribution in [-0.2, 0) is 11.3 Å². The second kappa shape index (κ2) is 7.53. The molecule has 0 spiro atoms. The quantitative estimate of drug-likeness (QED) is 0.850. The van der Waals surface area contributed by atoms with Crippen LogP contribution in [0.25, 0.3) is 0 Å². The number of aromatic nitrogens is 3. The molecule has 22 heavy (non-hydrogen) atoms. The molecule has 0 bridgehead atoms. The van der Waals surface area contributed by atoms with E-state index in [9.17, 15) is 9.18 Å². The number of halogens is 1. The first-order valence-electron chi connectivity index (χ1n) is 7.19. The molecule has 6 nitrogen and oxygen atoms in total. The Hall–Kier alpha value is -2.44. The van der Waals surface area contributed by atoms with Gasteiger partial charge in [0.25, 0.3) is 5.91 Å². The zero-order valence-corrected chi connectivity index (χ0v) is 12.6. The maximum atomic E-state index is 12.8. The van der Waals surface area contributed by atoms with Crippen molar-refractivity contribution in [2.45, 2.75) is 32.9 Å². The van der Waals surface area contributed by atoms with Crippen LogP contribution in [0.1, 0.15) is 32.1 Å². The first-order chi connectivity index (χ1) is 10.6. The molecule has 2 rings (SSSR count). The van der Waals surface area contributed by atoms with Crippen LogP contribution in [-0.4, -0.2) is 27.3 Å². The first-order valence-corrected chi connectivity index (χ1v) is 7.19. The minimum atomic E-state index is -0.346. The summed E-state index contributed by atoms with van der Waals surface area (Å²) in [5, 5.41) is 6.96. The molecule has 0 radical (unpaired) electrons. The van der Waals surface area contributed by atoms with Crippen LogP contribution in [0.3, 0.4) is 0 Å². The lowest BCUT2D eigenvalue weighted by Crippen LogP contribution is -2.34. The van der Waals surface area contributed by atoms with Crippen LogP contribution < -0.4 is 10.1 Å². The lowest BCUT2D eigenvalue weighted by molar-refractivity contribution is -0.124. The number of benzene rings is 1. The Morgan fingerprint density at radius 1 is 1.36 bits per heavy atom. The summed E-state index contributed by atoms with van der Waals surface area (Å²) in [6.45, 7) is 4.47. The van der Waals surface area contributed by atoms with E-state index in [4.69, 9.17) is 4.74 Å². The number of hydrogen-bond donors (Lipinski definition) is 1. The van der Waals surface area contributed by atoms with Crippen LogP contribution >= 0.6 is 0 Å². The number of amides is 1. The summed E-state index contributed by atoms with van der Waals surface area (Å²) in [6, 6.07) is 5.31. The van der Waals surface area contributed by atoms with Gasteiger partial charge in [0.15, 0.2) is 6.61 Å². The highest BCUT2D eigenvalue weighted by molar-refractivity contribution is 5.77. The van der Waals surface area contributed by atoms with Gasteiger partial charge in [-0.3, -0.25) is 4.79 Å². The molecule has 118 valence electrons. The Kier molecular flexibility index (Phi) is 5.46. The minimum Gasteiger partial charge on any atom is -0.484 e. The van der Waals surface area contributed by atoms with Gasteiger partial charge in [0.1, 0.15) is 23.7 Å². The van der Waals surface area contributed by atoms with Crippen LogP contribution in [0.5, 0.6) is 5.75 Å². The molecule has 0 saturated heterocycles. The van der Waals surface area contributed by atoms with Crippen LogP contribution in [0.4, 0.5) is 4.39 Å². The third kappa shape index (κ3) is 4.03. The summed E-state index contributed by atoms with van der Waals surface area (Å²) in [6.07, 6.45) is 2.17. The van der Waals surface area contributed by atoms with Crippen LogP contribution in [0, 0.1) is 5.82 Å². The largest absolute Gasteiger partial charge is 0.484 e. The lowest BCUT2D eigenvalue weighted by Gasteiger charge is -2.17. The molecular formula is C15H19FN4O2. The summed E-state index contributed by atoms with van der Waals surface area (Å²) < 4.78 is 19.8. The van der Waals surface area contributed by atoms with Crippen molar-refractivity contribution in [1.82, 2.24) is 20.1 Å². The topological polar surface area (TPSA) is 69.0 Å². The van der Waals surface area contributed by atoms with E-state index in [2.05, 4.69) is 15.4 Å². The smallest absolute Gasteiger partial charge is 0.258 e. The molecule has 1 amide bonds. The van der Waals surface area contributed by atoms with Crippen molar-refractivity contribution in [1.29, 1.82) is 0 Å². The average Bonchev–Trinajstić information content (AvgIpc) is 3.00. The molecule has 0 aliphatic rings. The molecule has 1 heterocycles. The van der Waals surface area contributed by atoms with Gasteiger partial charge in [-0.25, -0.2) is 14.1 Å². The zero-order valence-electron chi connectivity index (χ0n) is 12.6. The van der Waals surface area contributed by atoms with E-state index in [1.54, 1.807) is 4.68 Å². The van der Waals surface area contributed by atoms with Crippen LogP contribution in [0.2, 0.25) is 0 Å². The Balaban J connectivity index is 1.91. The number of ether oxygens (including phenoxy) is 1. The molecule has 7 heteroatoms. The summed E-state index contributed by atoms with van der Waals surface area (Å²) >= 11 is 0. The number of nitrogens with one attached hydrogen (secondary N) is 1. The fourth-order valence-corrected chi connectivity index (χ4v) is 2.05. The van der Waals surface area contributed by atoms with Crippen molar-refractivity contribution in [2.24, 2.45) is 0 Å². The van der Waals surface area contributed by atoms with Gasteiger partial charge in [0.05, 0.1) is 6.04 Å². The van der Waals surface area contributed by atoms with Crippen molar-refractivity contribution in [3.05, 3.63) is 42.2 Å². The van der Waals surface area contributed by atoms with Crippen LogP contribution in [0.15, 0.2) is 30.6 Å². The number of carbonyl (C=O) groups excluding carboxylic acids is 1. The van der Waals surface area contributed by atoms with Crippen molar-refractivity contribution < 1.29 is 13.9 Å². The first kappa shape index (κ1) is 15.9. The van der Waals surface area contributed by atoms with Gasteiger partial charge in [0, 0.05) is 6.54 Å². The molecule has 1 N–H and O–H groups in total. The van der Waals surface area contributed by atoms with Crippen molar-refractivity contribution >= 4 is 5.91 Å². The van der Waals surface area contributed by atoms with Crippen molar-refractivity contribution in [3.63, 3.8) is 0 Å². The molecule has 0 aliphatic carbocycles. The van der Waals surface area contributed by atoms with Crippen molar-refractivity contribution in [3.8, 4) is 5.75 Å².